The summed E-state index contributed by atoms with van der Waals surface area (Å²) >= 11 is 0. The number of imidazole rings is 1. The van der Waals surface area contributed by atoms with Crippen molar-refractivity contribution in [2.24, 2.45) is 0 Å². The Bertz CT molecular complexity index is 1720. The third-order valence-electron chi connectivity index (χ3n) is 6.19. The maximum atomic E-state index is 4.73. The van der Waals surface area contributed by atoms with E-state index in [1.807, 2.05) is 89.6 Å². The summed E-state index contributed by atoms with van der Waals surface area (Å²) in [6, 6.07) is 24.3. The Labute approximate surface area is 228 Å². The fourth-order valence-corrected chi connectivity index (χ4v) is 4.26. The van der Waals surface area contributed by atoms with E-state index in [1.165, 1.54) is 0 Å². The summed E-state index contributed by atoms with van der Waals surface area (Å²) in [5.74, 6) is 1.51. The van der Waals surface area contributed by atoms with E-state index in [0.717, 1.165) is 62.1 Å². The van der Waals surface area contributed by atoms with Gasteiger partial charge in [0.1, 0.15) is 11.6 Å². The molecule has 0 amide bonds. The lowest BCUT2D eigenvalue weighted by Crippen LogP contribution is -2.08. The number of benzene rings is 2. The van der Waals surface area contributed by atoms with Gasteiger partial charge < -0.3 is 20.5 Å². The van der Waals surface area contributed by atoms with Crippen molar-refractivity contribution in [2.45, 2.75) is 20.8 Å². The molecule has 4 aromatic heterocycles. The number of nitrogens with one attached hydrogen (secondary N) is 3. The van der Waals surface area contributed by atoms with E-state index in [0.29, 0.717) is 5.65 Å². The van der Waals surface area contributed by atoms with E-state index in [1.54, 1.807) is 6.20 Å². The summed E-state index contributed by atoms with van der Waals surface area (Å²) in [6.07, 6.45) is 3.61. The van der Waals surface area contributed by atoms with Crippen molar-refractivity contribution >= 4 is 50.6 Å². The number of fused-ring (bicyclic) bond motifs is 2. The van der Waals surface area contributed by atoms with Crippen LogP contribution in [0.25, 0.3) is 33.5 Å². The Morgan fingerprint density at radius 2 is 1.54 bits per heavy atom. The second-order valence-electron chi connectivity index (χ2n) is 9.12. The summed E-state index contributed by atoms with van der Waals surface area (Å²) in [4.78, 5) is 23.6. The fourth-order valence-electron chi connectivity index (χ4n) is 4.26. The van der Waals surface area contributed by atoms with Gasteiger partial charge in [0.2, 0.25) is 0 Å². The molecule has 8 nitrogen and oxygen atoms in total. The van der Waals surface area contributed by atoms with Crippen LogP contribution in [0.15, 0.2) is 85.2 Å². The van der Waals surface area contributed by atoms with Crippen LogP contribution in [0.1, 0.15) is 19.5 Å². The maximum absolute atomic E-state index is 4.73. The van der Waals surface area contributed by atoms with E-state index in [4.69, 9.17) is 4.98 Å². The first kappa shape index (κ1) is 25.7. The molecule has 6 aromatic rings. The molecular weight excluding hydrogens is 484 g/mol. The van der Waals surface area contributed by atoms with Crippen LogP contribution in [0, 0.1) is 6.92 Å². The summed E-state index contributed by atoms with van der Waals surface area (Å²) in [5, 5.41) is 7.93. The van der Waals surface area contributed by atoms with Crippen molar-refractivity contribution in [1.82, 2.24) is 24.9 Å². The normalized spacial score (nSPS) is 10.7. The average Bonchev–Trinajstić information content (AvgIpc) is 3.38. The minimum atomic E-state index is 0.660. The highest BCUT2D eigenvalue weighted by Crippen LogP contribution is 2.30. The smallest absolute Gasteiger partial charge is 0.180 e. The van der Waals surface area contributed by atoms with Crippen LogP contribution in [-0.2, 0) is 0 Å². The summed E-state index contributed by atoms with van der Waals surface area (Å²) in [5.41, 5.74) is 8.50. The Hall–Kier alpha value is -4.98. The molecule has 196 valence electrons. The SMILES string of the molecule is CC.Cc1cc(Nc2ccc3[nH]c(-c4ccc(Nc5ccnc6ccc(N(C)C)cc56)cc4)nc3n2)ccn1. The van der Waals surface area contributed by atoms with Gasteiger partial charge in [-0.15, -0.1) is 0 Å². The van der Waals surface area contributed by atoms with Crippen LogP contribution < -0.4 is 15.5 Å². The predicted octanol–water partition coefficient (Wildman–Crippen LogP) is 7.46. The van der Waals surface area contributed by atoms with Crippen LogP contribution in [0.4, 0.5) is 28.6 Å². The highest BCUT2D eigenvalue weighted by Gasteiger charge is 2.09. The molecule has 0 unspecified atom stereocenters. The first-order chi connectivity index (χ1) is 19.0. The van der Waals surface area contributed by atoms with E-state index in [2.05, 4.69) is 59.7 Å². The van der Waals surface area contributed by atoms with Crippen LogP contribution in [0.3, 0.4) is 0 Å². The van der Waals surface area contributed by atoms with Gasteiger partial charge in [0.05, 0.1) is 11.0 Å². The molecule has 0 saturated heterocycles. The topological polar surface area (TPSA) is 94.7 Å². The maximum Gasteiger partial charge on any atom is 0.180 e. The lowest BCUT2D eigenvalue weighted by molar-refractivity contribution is 1.13. The van der Waals surface area contributed by atoms with Gasteiger partial charge in [0, 0.05) is 65.9 Å². The zero-order chi connectivity index (χ0) is 27.4. The van der Waals surface area contributed by atoms with Crippen molar-refractivity contribution in [1.29, 1.82) is 0 Å². The van der Waals surface area contributed by atoms with Gasteiger partial charge in [0.15, 0.2) is 5.65 Å². The van der Waals surface area contributed by atoms with Crippen molar-refractivity contribution in [3.05, 3.63) is 90.9 Å². The number of rotatable bonds is 6. The Morgan fingerprint density at radius 1 is 0.744 bits per heavy atom. The predicted molar refractivity (Wildman–Crippen MR) is 162 cm³/mol. The van der Waals surface area contributed by atoms with Crippen molar-refractivity contribution in [2.75, 3.05) is 29.6 Å². The van der Waals surface area contributed by atoms with E-state index < -0.39 is 0 Å². The first-order valence-corrected chi connectivity index (χ1v) is 13.0. The Balaban J connectivity index is 0.00000151. The molecule has 0 aliphatic rings. The van der Waals surface area contributed by atoms with Crippen LogP contribution >= 0.6 is 0 Å². The van der Waals surface area contributed by atoms with Gasteiger partial charge in [-0.2, -0.15) is 0 Å². The van der Waals surface area contributed by atoms with Gasteiger partial charge in [-0.1, -0.05) is 13.8 Å². The van der Waals surface area contributed by atoms with Gasteiger partial charge in [-0.05, 0) is 79.7 Å². The number of pyridine rings is 3. The molecule has 8 heteroatoms. The van der Waals surface area contributed by atoms with Crippen LogP contribution in [0.2, 0.25) is 0 Å². The highest BCUT2D eigenvalue weighted by atomic mass is 15.1. The monoisotopic (exact) mass is 516 g/mol. The van der Waals surface area contributed by atoms with E-state index in [-0.39, 0.29) is 0 Å². The Morgan fingerprint density at radius 3 is 2.31 bits per heavy atom. The lowest BCUT2D eigenvalue weighted by atomic mass is 10.1. The summed E-state index contributed by atoms with van der Waals surface area (Å²) < 4.78 is 0. The largest absolute Gasteiger partial charge is 0.378 e. The van der Waals surface area contributed by atoms with Gasteiger partial charge in [-0.25, -0.2) is 9.97 Å². The van der Waals surface area contributed by atoms with Crippen molar-refractivity contribution in [3.8, 4) is 11.4 Å². The second-order valence-corrected chi connectivity index (χ2v) is 9.12. The molecule has 0 radical (unpaired) electrons. The van der Waals surface area contributed by atoms with Crippen LogP contribution in [0.5, 0.6) is 0 Å². The quantitative estimate of drug-likeness (QED) is 0.211. The number of aryl methyl sites for hydroxylation is 1. The molecule has 3 N–H and O–H groups in total. The first-order valence-electron chi connectivity index (χ1n) is 13.0. The number of hydrogen-bond donors (Lipinski definition) is 3. The fraction of sp³-hybridized carbons (Fsp3) is 0.161. The van der Waals surface area contributed by atoms with Crippen LogP contribution in [-0.4, -0.2) is 39.0 Å². The third kappa shape index (κ3) is 5.65. The molecule has 0 bridgehead atoms. The molecule has 0 fully saturated rings. The molecular formula is C31H32N8. The summed E-state index contributed by atoms with van der Waals surface area (Å²) in [6.45, 7) is 5.96. The van der Waals surface area contributed by atoms with Crippen molar-refractivity contribution in [3.63, 3.8) is 0 Å². The van der Waals surface area contributed by atoms with E-state index >= 15 is 0 Å². The average molecular weight is 517 g/mol. The number of H-pyrrole nitrogens is 1. The van der Waals surface area contributed by atoms with Gasteiger partial charge in [-0.3, -0.25) is 9.97 Å². The third-order valence-corrected chi connectivity index (χ3v) is 6.19. The highest BCUT2D eigenvalue weighted by molar-refractivity contribution is 5.95. The molecule has 2 aromatic carbocycles. The van der Waals surface area contributed by atoms with Gasteiger partial charge >= 0.3 is 0 Å². The van der Waals surface area contributed by atoms with Crippen molar-refractivity contribution < 1.29 is 0 Å². The number of aromatic amines is 1. The molecule has 0 aliphatic carbocycles. The minimum Gasteiger partial charge on any atom is -0.378 e. The zero-order valence-electron chi connectivity index (χ0n) is 22.8. The number of hydrogen-bond acceptors (Lipinski definition) is 7. The minimum absolute atomic E-state index is 0.660. The number of anilines is 5. The standard InChI is InChI=1S/C29H26N8.C2H6/c1-18-16-21(12-14-30-18)33-27-11-10-26-29(35-27)36-28(34-26)19-4-6-20(7-5-19)32-25-13-15-31-24-9-8-22(37(2)3)17-23(24)25;1-2/h4-17H,1-3H3,(H,31,32)(H2,30,33,34,35,36);1-2H3. The molecule has 0 saturated carbocycles. The molecule has 0 spiro atoms. The molecule has 0 atom stereocenters. The lowest BCUT2D eigenvalue weighted by Gasteiger charge is -2.15. The second kappa shape index (κ2) is 11.2. The number of nitrogens with zero attached hydrogens (tertiary/aromatic N) is 5. The zero-order valence-corrected chi connectivity index (χ0v) is 22.8. The number of aromatic nitrogens is 5. The molecule has 4 heterocycles. The molecule has 39 heavy (non-hydrogen) atoms. The summed E-state index contributed by atoms with van der Waals surface area (Å²) in [7, 11) is 4.08. The van der Waals surface area contributed by atoms with E-state index in [9.17, 15) is 0 Å². The molecule has 6 rings (SSSR count). The molecule has 0 aliphatic heterocycles. The Kier molecular flexibility index (Phi) is 7.36. The van der Waals surface area contributed by atoms with Gasteiger partial charge in [0.25, 0.3) is 0 Å².